The van der Waals surface area contributed by atoms with Gasteiger partial charge in [0.15, 0.2) is 5.78 Å². The summed E-state index contributed by atoms with van der Waals surface area (Å²) in [5.74, 6) is 0.620. The van der Waals surface area contributed by atoms with Crippen molar-refractivity contribution in [2.75, 3.05) is 32.8 Å². The van der Waals surface area contributed by atoms with E-state index in [1.165, 1.54) is 0 Å². The molecule has 2 aliphatic rings. The summed E-state index contributed by atoms with van der Waals surface area (Å²) in [6, 6.07) is 11.7. The molecule has 0 radical (unpaired) electrons. The first-order valence-corrected chi connectivity index (χ1v) is 10.4. The number of nitriles is 2. The average molecular weight is 396 g/mol. The highest BCUT2D eigenvalue weighted by Gasteiger charge is 2.57. The zero-order valence-corrected chi connectivity index (χ0v) is 17.2. The van der Waals surface area contributed by atoms with Gasteiger partial charge in [0.1, 0.15) is 11.4 Å². The Hall–Kier alpha value is -2.41. The summed E-state index contributed by atoms with van der Waals surface area (Å²) in [5.41, 5.74) is -1.05. The number of ketones is 1. The average Bonchev–Trinajstić information content (AvgIpc) is 2.74. The van der Waals surface area contributed by atoms with Gasteiger partial charge in [-0.15, -0.1) is 0 Å². The molecule has 0 aliphatic carbocycles. The zero-order chi connectivity index (χ0) is 20.7. The van der Waals surface area contributed by atoms with Crippen molar-refractivity contribution in [3.05, 3.63) is 29.8 Å². The lowest BCUT2D eigenvalue weighted by Gasteiger charge is -2.51. The number of rotatable bonds is 8. The summed E-state index contributed by atoms with van der Waals surface area (Å²) in [5, 5.41) is 18.5. The van der Waals surface area contributed by atoms with Crippen LogP contribution >= 0.6 is 0 Å². The van der Waals surface area contributed by atoms with Crippen molar-refractivity contribution in [3.63, 3.8) is 0 Å². The smallest absolute Gasteiger partial charge is 0.176 e. The highest BCUT2D eigenvalue weighted by molar-refractivity contribution is 6.04. The lowest BCUT2D eigenvalue weighted by atomic mass is 9.60. The van der Waals surface area contributed by atoms with Gasteiger partial charge in [0.25, 0.3) is 0 Å². The number of nitrogens with zero attached hydrogens (tertiary/aromatic N) is 3. The maximum atomic E-state index is 13.7. The minimum Gasteiger partial charge on any atom is -0.486 e. The second-order valence-corrected chi connectivity index (χ2v) is 8.11. The van der Waals surface area contributed by atoms with Gasteiger partial charge in [-0.1, -0.05) is 12.1 Å². The third-order valence-corrected chi connectivity index (χ3v) is 6.47. The van der Waals surface area contributed by atoms with E-state index in [1.807, 2.05) is 25.1 Å². The molecule has 1 aromatic rings. The molecule has 6 heteroatoms. The van der Waals surface area contributed by atoms with E-state index in [1.54, 1.807) is 6.07 Å². The lowest BCUT2D eigenvalue weighted by molar-refractivity contribution is -0.0578. The van der Waals surface area contributed by atoms with Gasteiger partial charge >= 0.3 is 0 Å². The van der Waals surface area contributed by atoms with Crippen LogP contribution in [0.25, 0.3) is 0 Å². The standard InChI is InChI=1S/C23H29N3O3/c1-22(9-6-14-26-15-17-28-18-16-26)23(10-4-12-24,11-5-13-25)21(27)19-7-2-3-8-20(19)29-22/h2-3,7-8H,4-6,9-11,14-18H2,1H3. The largest absolute Gasteiger partial charge is 0.486 e. The summed E-state index contributed by atoms with van der Waals surface area (Å²) in [6.07, 6.45) is 2.93. The summed E-state index contributed by atoms with van der Waals surface area (Å²) in [7, 11) is 0. The highest BCUT2D eigenvalue weighted by Crippen LogP contribution is 2.52. The van der Waals surface area contributed by atoms with E-state index in [-0.39, 0.29) is 18.6 Å². The van der Waals surface area contributed by atoms with Crippen LogP contribution in [-0.2, 0) is 4.74 Å². The zero-order valence-electron chi connectivity index (χ0n) is 17.2. The molecule has 0 aromatic heterocycles. The molecule has 1 unspecified atom stereocenters. The van der Waals surface area contributed by atoms with Gasteiger partial charge in [-0.3, -0.25) is 9.69 Å². The molecule has 2 heterocycles. The topological polar surface area (TPSA) is 86.3 Å². The van der Waals surface area contributed by atoms with Crippen LogP contribution < -0.4 is 4.74 Å². The summed E-state index contributed by atoms with van der Waals surface area (Å²) in [6.45, 7) is 6.28. The first-order chi connectivity index (χ1) is 14.1. The first kappa shape index (κ1) is 21.3. The fourth-order valence-corrected chi connectivity index (χ4v) is 4.76. The van der Waals surface area contributed by atoms with Crippen LogP contribution in [0.1, 0.15) is 55.8 Å². The predicted molar refractivity (Wildman–Crippen MR) is 108 cm³/mol. The Bertz CT molecular complexity index is 786. The molecule has 2 aliphatic heterocycles. The van der Waals surface area contributed by atoms with Crippen LogP contribution in [0.2, 0.25) is 0 Å². The van der Waals surface area contributed by atoms with E-state index < -0.39 is 11.0 Å². The van der Waals surface area contributed by atoms with Crippen LogP contribution in [-0.4, -0.2) is 49.1 Å². The SMILES string of the molecule is CC1(CCCN2CCOCC2)Oc2ccccc2C(=O)C1(CCC#N)CCC#N. The lowest BCUT2D eigenvalue weighted by Crippen LogP contribution is -2.58. The second-order valence-electron chi connectivity index (χ2n) is 8.11. The Balaban J connectivity index is 1.89. The molecule has 1 fully saturated rings. The van der Waals surface area contributed by atoms with Gasteiger partial charge in [0, 0.05) is 25.9 Å². The number of benzene rings is 1. The Morgan fingerprint density at radius 3 is 2.38 bits per heavy atom. The second kappa shape index (κ2) is 9.39. The number of Topliss-reactive ketones (excluding diaryl/α,β-unsaturated/α-hetero) is 1. The molecule has 0 amide bonds. The molecule has 29 heavy (non-hydrogen) atoms. The first-order valence-electron chi connectivity index (χ1n) is 10.4. The van der Waals surface area contributed by atoms with Crippen molar-refractivity contribution in [2.24, 2.45) is 5.41 Å². The number of carbonyl (C=O) groups is 1. The molecule has 0 bridgehead atoms. The van der Waals surface area contributed by atoms with E-state index in [0.29, 0.717) is 30.6 Å². The Kier molecular flexibility index (Phi) is 6.90. The molecule has 154 valence electrons. The van der Waals surface area contributed by atoms with Crippen molar-refractivity contribution in [1.29, 1.82) is 10.5 Å². The number of ether oxygens (including phenoxy) is 2. The minimum absolute atomic E-state index is 0.0127. The normalized spacial score (nSPS) is 23.5. The van der Waals surface area contributed by atoms with E-state index in [0.717, 1.165) is 39.3 Å². The maximum absolute atomic E-state index is 13.7. The molecule has 0 saturated carbocycles. The van der Waals surface area contributed by atoms with Crippen LogP contribution in [0.5, 0.6) is 5.75 Å². The monoisotopic (exact) mass is 395 g/mol. The van der Waals surface area contributed by atoms with Crippen molar-refractivity contribution in [2.45, 2.75) is 51.0 Å². The molecule has 0 N–H and O–H groups in total. The number of carbonyl (C=O) groups excluding carboxylic acids is 1. The van der Waals surface area contributed by atoms with Gasteiger partial charge in [-0.05, 0) is 51.3 Å². The molecule has 3 rings (SSSR count). The number of hydrogen-bond donors (Lipinski definition) is 0. The number of fused-ring (bicyclic) bond motifs is 1. The molecule has 1 saturated heterocycles. The van der Waals surface area contributed by atoms with Crippen LogP contribution in [0, 0.1) is 28.1 Å². The number of morpholine rings is 1. The van der Waals surface area contributed by atoms with Crippen LogP contribution in [0.3, 0.4) is 0 Å². The van der Waals surface area contributed by atoms with Crippen molar-refractivity contribution < 1.29 is 14.3 Å². The molecule has 1 aromatic carbocycles. The van der Waals surface area contributed by atoms with Crippen molar-refractivity contribution in [1.82, 2.24) is 4.90 Å². The minimum atomic E-state index is -0.863. The van der Waals surface area contributed by atoms with Crippen molar-refractivity contribution >= 4 is 5.78 Å². The summed E-state index contributed by atoms with van der Waals surface area (Å²) >= 11 is 0. The quantitative estimate of drug-likeness (QED) is 0.667. The van der Waals surface area contributed by atoms with Crippen LogP contribution in [0.15, 0.2) is 24.3 Å². The van der Waals surface area contributed by atoms with Gasteiger partial charge < -0.3 is 9.47 Å². The fourth-order valence-electron chi connectivity index (χ4n) is 4.76. The van der Waals surface area contributed by atoms with E-state index >= 15 is 0 Å². The Morgan fingerprint density at radius 2 is 1.72 bits per heavy atom. The molecule has 6 nitrogen and oxygen atoms in total. The van der Waals surface area contributed by atoms with E-state index in [2.05, 4.69) is 17.0 Å². The fraction of sp³-hybridized carbons (Fsp3) is 0.609. The van der Waals surface area contributed by atoms with E-state index in [4.69, 9.17) is 9.47 Å². The third kappa shape index (κ3) is 4.29. The van der Waals surface area contributed by atoms with E-state index in [9.17, 15) is 15.3 Å². The molecular formula is C23H29N3O3. The van der Waals surface area contributed by atoms with Crippen LogP contribution in [0.4, 0.5) is 0 Å². The predicted octanol–water partition coefficient (Wildman–Crippen LogP) is 3.73. The Morgan fingerprint density at radius 1 is 1.07 bits per heavy atom. The van der Waals surface area contributed by atoms with Gasteiger partial charge in [0.05, 0.1) is 36.3 Å². The van der Waals surface area contributed by atoms with Gasteiger partial charge in [-0.25, -0.2) is 0 Å². The summed E-state index contributed by atoms with van der Waals surface area (Å²) < 4.78 is 11.9. The number of para-hydroxylation sites is 1. The highest BCUT2D eigenvalue weighted by atomic mass is 16.5. The number of hydrogen-bond acceptors (Lipinski definition) is 6. The summed E-state index contributed by atoms with van der Waals surface area (Å²) in [4.78, 5) is 16.1. The molecular weight excluding hydrogens is 366 g/mol. The van der Waals surface area contributed by atoms with Gasteiger partial charge in [0.2, 0.25) is 0 Å². The van der Waals surface area contributed by atoms with Gasteiger partial charge in [-0.2, -0.15) is 10.5 Å². The molecule has 1 atom stereocenters. The third-order valence-electron chi connectivity index (χ3n) is 6.47. The molecule has 0 spiro atoms. The van der Waals surface area contributed by atoms with Crippen molar-refractivity contribution in [3.8, 4) is 17.9 Å². The Labute approximate surface area is 173 Å². The maximum Gasteiger partial charge on any atom is 0.176 e.